The van der Waals surface area contributed by atoms with Crippen LogP contribution in [-0.4, -0.2) is 34.8 Å². The second-order valence-corrected chi connectivity index (χ2v) is 6.80. The molecule has 1 fully saturated rings. The fourth-order valence-corrected chi connectivity index (χ4v) is 3.04. The van der Waals surface area contributed by atoms with E-state index in [1.807, 2.05) is 0 Å². The Balaban J connectivity index is 1.54. The van der Waals surface area contributed by atoms with Crippen LogP contribution >= 0.6 is 23.2 Å². The van der Waals surface area contributed by atoms with E-state index in [4.69, 9.17) is 23.2 Å². The molecule has 0 saturated carbocycles. The first-order valence-corrected chi connectivity index (χ1v) is 8.76. The van der Waals surface area contributed by atoms with Crippen molar-refractivity contribution < 1.29 is 9.59 Å². The lowest BCUT2D eigenvalue weighted by atomic mass is 9.95. The summed E-state index contributed by atoms with van der Waals surface area (Å²) in [6.07, 6.45) is 2.74. The van der Waals surface area contributed by atoms with Gasteiger partial charge in [0.2, 0.25) is 5.91 Å². The molecule has 2 heterocycles. The lowest BCUT2D eigenvalue weighted by molar-refractivity contribution is -0.121. The third kappa shape index (κ3) is 4.50. The van der Waals surface area contributed by atoms with Gasteiger partial charge >= 0.3 is 0 Å². The average Bonchev–Trinajstić information content (AvgIpc) is 2.64. The number of rotatable bonds is 3. The number of carbonyl (C=O) groups excluding carboxylic acids is 2. The van der Waals surface area contributed by atoms with Gasteiger partial charge < -0.3 is 10.2 Å². The zero-order valence-corrected chi connectivity index (χ0v) is 14.9. The van der Waals surface area contributed by atoms with Crippen LogP contribution in [0, 0.1) is 5.92 Å². The third-order valence-corrected chi connectivity index (χ3v) is 4.70. The predicted molar refractivity (Wildman–Crippen MR) is 98.0 cm³/mol. The molecule has 0 spiro atoms. The molecule has 0 unspecified atom stereocenters. The van der Waals surface area contributed by atoms with Crippen LogP contribution in [0.3, 0.4) is 0 Å². The van der Waals surface area contributed by atoms with E-state index in [0.29, 0.717) is 47.4 Å². The van der Waals surface area contributed by atoms with Gasteiger partial charge in [-0.15, -0.1) is 0 Å². The highest BCUT2D eigenvalue weighted by atomic mass is 35.5. The molecule has 0 bridgehead atoms. The second kappa shape index (κ2) is 7.85. The molecule has 1 N–H and O–H groups in total. The molecule has 25 heavy (non-hydrogen) atoms. The van der Waals surface area contributed by atoms with E-state index in [2.05, 4.69) is 10.3 Å². The summed E-state index contributed by atoms with van der Waals surface area (Å²) in [5.41, 5.74) is 0.609. The van der Waals surface area contributed by atoms with Crippen LogP contribution in [0.2, 0.25) is 10.0 Å². The van der Waals surface area contributed by atoms with Crippen molar-refractivity contribution in [2.75, 3.05) is 18.4 Å². The number of hydrogen-bond donors (Lipinski definition) is 1. The summed E-state index contributed by atoms with van der Waals surface area (Å²) in [4.78, 5) is 30.6. The molecule has 1 aliphatic rings. The first-order valence-electron chi connectivity index (χ1n) is 8.00. The fourth-order valence-electron chi connectivity index (χ4n) is 2.80. The van der Waals surface area contributed by atoms with Gasteiger partial charge in [-0.1, -0.05) is 23.2 Å². The van der Waals surface area contributed by atoms with Crippen molar-refractivity contribution in [3.8, 4) is 0 Å². The summed E-state index contributed by atoms with van der Waals surface area (Å²) < 4.78 is 0. The normalized spacial score (nSPS) is 15.0. The van der Waals surface area contributed by atoms with Crippen LogP contribution in [0.5, 0.6) is 0 Å². The number of pyridine rings is 1. The van der Waals surface area contributed by atoms with Gasteiger partial charge in [0, 0.05) is 35.8 Å². The highest BCUT2D eigenvalue weighted by Crippen LogP contribution is 2.21. The summed E-state index contributed by atoms with van der Waals surface area (Å²) in [5.74, 6) is 0.240. The molecular weight excluding hydrogens is 361 g/mol. The van der Waals surface area contributed by atoms with Crippen LogP contribution in [-0.2, 0) is 4.79 Å². The molecule has 5 nitrogen and oxygen atoms in total. The molecule has 1 saturated heterocycles. The molecule has 1 aromatic carbocycles. The number of halogens is 2. The first kappa shape index (κ1) is 17.7. The van der Waals surface area contributed by atoms with Gasteiger partial charge in [-0.2, -0.15) is 0 Å². The minimum Gasteiger partial charge on any atom is -0.339 e. The Morgan fingerprint density at radius 2 is 1.64 bits per heavy atom. The molecule has 0 atom stereocenters. The van der Waals surface area contributed by atoms with Crippen molar-refractivity contribution in [1.29, 1.82) is 0 Å². The van der Waals surface area contributed by atoms with Crippen molar-refractivity contribution in [1.82, 2.24) is 9.88 Å². The highest BCUT2D eigenvalue weighted by Gasteiger charge is 2.28. The molecule has 1 aliphatic heterocycles. The smallest absolute Gasteiger partial charge is 0.253 e. The van der Waals surface area contributed by atoms with Gasteiger partial charge in [0.25, 0.3) is 5.91 Å². The summed E-state index contributed by atoms with van der Waals surface area (Å²) in [5, 5.41) is 3.91. The number of nitrogens with zero attached hydrogens (tertiary/aromatic N) is 2. The number of benzene rings is 1. The third-order valence-electron chi connectivity index (χ3n) is 4.22. The summed E-state index contributed by atoms with van der Waals surface area (Å²) in [6, 6.07) is 10.2. The number of likely N-dealkylation sites (tertiary alicyclic amines) is 1. The number of nitrogens with one attached hydrogen (secondary N) is 1. The molecular formula is C18H17Cl2N3O2. The molecule has 2 aromatic rings. The van der Waals surface area contributed by atoms with E-state index in [9.17, 15) is 9.59 Å². The summed E-state index contributed by atoms with van der Waals surface area (Å²) in [7, 11) is 0. The Morgan fingerprint density at radius 3 is 2.24 bits per heavy atom. The zero-order valence-electron chi connectivity index (χ0n) is 13.4. The molecule has 130 valence electrons. The van der Waals surface area contributed by atoms with Gasteiger partial charge in [-0.3, -0.25) is 9.59 Å². The maximum absolute atomic E-state index is 12.5. The Labute approximate surface area is 155 Å². The number of anilines is 1. The number of aromatic nitrogens is 1. The van der Waals surface area contributed by atoms with Crippen LogP contribution in [0.15, 0.2) is 42.6 Å². The maximum Gasteiger partial charge on any atom is 0.253 e. The minimum atomic E-state index is -0.133. The molecule has 0 radical (unpaired) electrons. The second-order valence-electron chi connectivity index (χ2n) is 5.92. The number of hydrogen-bond acceptors (Lipinski definition) is 3. The molecule has 3 rings (SSSR count). The number of amides is 2. The lowest BCUT2D eigenvalue weighted by Crippen LogP contribution is -2.41. The summed E-state index contributed by atoms with van der Waals surface area (Å²) in [6.45, 7) is 1.10. The Bertz CT molecular complexity index is 755. The van der Waals surface area contributed by atoms with Gasteiger partial charge in [0.05, 0.1) is 5.02 Å². The highest BCUT2D eigenvalue weighted by molar-refractivity contribution is 6.30. The predicted octanol–water partition coefficient (Wildman–Crippen LogP) is 3.88. The lowest BCUT2D eigenvalue weighted by Gasteiger charge is -2.31. The van der Waals surface area contributed by atoms with Crippen molar-refractivity contribution >= 4 is 40.8 Å². The number of piperidine rings is 1. The minimum absolute atomic E-state index is 0.0325. The van der Waals surface area contributed by atoms with E-state index in [-0.39, 0.29) is 17.7 Å². The number of carbonyl (C=O) groups is 2. The summed E-state index contributed by atoms with van der Waals surface area (Å²) >= 11 is 11.6. The molecule has 7 heteroatoms. The molecule has 0 aliphatic carbocycles. The van der Waals surface area contributed by atoms with Gasteiger partial charge in [0.15, 0.2) is 0 Å². The monoisotopic (exact) mass is 377 g/mol. The maximum atomic E-state index is 12.5. The van der Waals surface area contributed by atoms with E-state index >= 15 is 0 Å². The Kier molecular flexibility index (Phi) is 5.56. The fraction of sp³-hybridized carbons (Fsp3) is 0.278. The quantitative estimate of drug-likeness (QED) is 0.882. The first-order chi connectivity index (χ1) is 12.0. The van der Waals surface area contributed by atoms with E-state index in [1.54, 1.807) is 41.3 Å². The van der Waals surface area contributed by atoms with Crippen molar-refractivity contribution in [3.05, 3.63) is 58.2 Å². The largest absolute Gasteiger partial charge is 0.339 e. The Morgan fingerprint density at radius 1 is 1.00 bits per heavy atom. The topological polar surface area (TPSA) is 62.3 Å². The van der Waals surface area contributed by atoms with E-state index in [1.165, 1.54) is 6.20 Å². The van der Waals surface area contributed by atoms with Crippen LogP contribution < -0.4 is 5.32 Å². The average molecular weight is 378 g/mol. The van der Waals surface area contributed by atoms with E-state index < -0.39 is 0 Å². The van der Waals surface area contributed by atoms with Crippen LogP contribution in [0.1, 0.15) is 23.2 Å². The molecule has 2 amide bonds. The van der Waals surface area contributed by atoms with Gasteiger partial charge in [-0.25, -0.2) is 4.98 Å². The Hall–Kier alpha value is -2.11. The zero-order chi connectivity index (χ0) is 17.8. The van der Waals surface area contributed by atoms with Gasteiger partial charge in [0.1, 0.15) is 5.82 Å². The van der Waals surface area contributed by atoms with E-state index in [0.717, 1.165) is 0 Å². The van der Waals surface area contributed by atoms with Gasteiger partial charge in [-0.05, 0) is 49.2 Å². The SMILES string of the molecule is O=C(Nc1ccc(Cl)cn1)C1CCN(C(=O)c2ccc(Cl)cc2)CC1. The molecule has 1 aromatic heterocycles. The van der Waals surface area contributed by atoms with Crippen LogP contribution in [0.4, 0.5) is 5.82 Å². The standard InChI is InChI=1S/C18H17Cl2N3O2/c19-14-3-1-13(2-4-14)18(25)23-9-7-12(8-10-23)17(24)22-16-6-5-15(20)11-21-16/h1-6,11-12H,7-10H2,(H,21,22,24). The van der Waals surface area contributed by atoms with Crippen molar-refractivity contribution in [2.24, 2.45) is 5.92 Å². The van der Waals surface area contributed by atoms with Crippen LogP contribution in [0.25, 0.3) is 0 Å². The van der Waals surface area contributed by atoms with Crippen molar-refractivity contribution in [3.63, 3.8) is 0 Å². The van der Waals surface area contributed by atoms with Crippen molar-refractivity contribution in [2.45, 2.75) is 12.8 Å².